The molecular formula is C24H21Cl2F2N5O3S. The molecule has 1 unspecified atom stereocenters. The van der Waals surface area contributed by atoms with Crippen LogP contribution in [0.2, 0.25) is 10.0 Å². The number of carbonyl (C=O) groups is 2. The Morgan fingerprint density at radius 1 is 1.14 bits per heavy atom. The van der Waals surface area contributed by atoms with Crippen molar-refractivity contribution >= 4 is 46.4 Å². The number of hydrogen-bond acceptors (Lipinski definition) is 7. The summed E-state index contributed by atoms with van der Waals surface area (Å²) >= 11 is 13.0. The number of likely N-dealkylation sites (tertiary alicyclic amines) is 2. The summed E-state index contributed by atoms with van der Waals surface area (Å²) in [7, 11) is 0. The van der Waals surface area contributed by atoms with Crippen molar-refractivity contribution in [3.8, 4) is 0 Å². The third-order valence-corrected chi connectivity index (χ3v) is 9.19. The highest BCUT2D eigenvalue weighted by Gasteiger charge is 2.60. The van der Waals surface area contributed by atoms with Crippen LogP contribution in [0.3, 0.4) is 0 Å². The number of hydrogen-bond donors (Lipinski definition) is 0. The Morgan fingerprint density at radius 3 is 2.57 bits per heavy atom. The Balaban J connectivity index is 1.28. The molecule has 0 bridgehead atoms. The first-order valence-corrected chi connectivity index (χ1v) is 13.5. The van der Waals surface area contributed by atoms with Gasteiger partial charge in [0.25, 0.3) is 11.8 Å². The molecule has 2 saturated heterocycles. The molecule has 2 aromatic heterocycles. The number of carbonyl (C=O) groups excluding carboxylic acids is 2. The van der Waals surface area contributed by atoms with Crippen molar-refractivity contribution in [2.24, 2.45) is 11.3 Å². The van der Waals surface area contributed by atoms with Crippen molar-refractivity contribution in [1.82, 2.24) is 25.0 Å². The first-order chi connectivity index (χ1) is 17.7. The Kier molecular flexibility index (Phi) is 6.00. The van der Waals surface area contributed by atoms with Crippen molar-refractivity contribution in [1.29, 1.82) is 0 Å². The van der Waals surface area contributed by atoms with Gasteiger partial charge in [0.1, 0.15) is 4.88 Å². The number of amides is 2. The first kappa shape index (κ1) is 24.7. The lowest BCUT2D eigenvalue weighted by molar-refractivity contribution is -0.147. The van der Waals surface area contributed by atoms with E-state index in [2.05, 4.69) is 15.2 Å². The zero-order valence-electron chi connectivity index (χ0n) is 19.4. The highest BCUT2D eigenvalue weighted by atomic mass is 35.5. The molecule has 8 nitrogen and oxygen atoms in total. The number of aromatic nitrogens is 3. The highest BCUT2D eigenvalue weighted by molar-refractivity contribution is 7.11. The van der Waals surface area contributed by atoms with E-state index in [0.717, 1.165) is 31.6 Å². The Hall–Kier alpha value is -2.63. The van der Waals surface area contributed by atoms with Crippen molar-refractivity contribution in [3.63, 3.8) is 0 Å². The summed E-state index contributed by atoms with van der Waals surface area (Å²) in [5, 5.41) is 7.81. The van der Waals surface area contributed by atoms with Crippen LogP contribution in [0.4, 0.5) is 8.78 Å². The molecule has 0 radical (unpaired) electrons. The van der Waals surface area contributed by atoms with Gasteiger partial charge < -0.3 is 14.2 Å². The smallest absolute Gasteiger partial charge is 0.349 e. The zero-order valence-corrected chi connectivity index (χ0v) is 21.7. The Labute approximate surface area is 224 Å². The van der Waals surface area contributed by atoms with E-state index in [-0.39, 0.29) is 40.2 Å². The number of nitrogens with zero attached hydrogens (tertiary/aromatic N) is 5. The number of benzene rings is 1. The molecule has 3 fully saturated rings. The van der Waals surface area contributed by atoms with Crippen LogP contribution in [0, 0.1) is 11.3 Å². The van der Waals surface area contributed by atoms with Gasteiger partial charge in [-0.1, -0.05) is 29.3 Å². The standard InChI is InChI=1S/C24H21Cl2F2N5O3S/c25-16-3-2-14(6-17(16)26)24(27,28)22-31-30-19(36-22)15-10-33(21(35)18-9-29-12-37-18)11-23(15)7-13(8-23)20(34)32-4-1-5-32/h2-3,6,9,12-13,15H,1,4-5,7-8,10-11H2. The third-order valence-electron chi connectivity index (χ3n) is 7.69. The molecule has 1 atom stereocenters. The molecule has 1 spiro atoms. The minimum atomic E-state index is -3.60. The lowest BCUT2D eigenvalue weighted by Crippen LogP contribution is -2.53. The molecule has 1 aliphatic carbocycles. The molecule has 0 N–H and O–H groups in total. The summed E-state index contributed by atoms with van der Waals surface area (Å²) in [6, 6.07) is 3.50. The quantitative estimate of drug-likeness (QED) is 0.438. The van der Waals surface area contributed by atoms with Gasteiger partial charge in [-0.05, 0) is 31.4 Å². The van der Waals surface area contributed by atoms with Crippen LogP contribution in [-0.2, 0) is 10.7 Å². The average molecular weight is 568 g/mol. The summed E-state index contributed by atoms with van der Waals surface area (Å²) in [6.07, 6.45) is 3.56. The van der Waals surface area contributed by atoms with E-state index in [0.29, 0.717) is 24.3 Å². The topological polar surface area (TPSA) is 92.4 Å². The van der Waals surface area contributed by atoms with E-state index in [1.165, 1.54) is 23.6 Å². The minimum Gasteiger partial charge on any atom is -0.419 e. The second kappa shape index (κ2) is 8.99. The fraction of sp³-hybridized carbons (Fsp3) is 0.458. The van der Waals surface area contributed by atoms with Crippen LogP contribution in [0.15, 0.2) is 34.3 Å². The Bertz CT molecular complexity index is 1360. The maximum Gasteiger partial charge on any atom is 0.349 e. The van der Waals surface area contributed by atoms with Gasteiger partial charge in [0, 0.05) is 43.1 Å². The molecule has 6 rings (SSSR count). The van der Waals surface area contributed by atoms with Crippen molar-refractivity contribution < 1.29 is 22.8 Å². The van der Waals surface area contributed by atoms with Gasteiger partial charge in [-0.25, -0.2) is 0 Å². The van der Waals surface area contributed by atoms with Crippen LogP contribution >= 0.6 is 34.5 Å². The zero-order chi connectivity index (χ0) is 25.9. The van der Waals surface area contributed by atoms with Gasteiger partial charge in [0.2, 0.25) is 11.8 Å². The molecule has 194 valence electrons. The average Bonchev–Trinajstić information content (AvgIpc) is 3.56. The molecule has 2 aliphatic heterocycles. The lowest BCUT2D eigenvalue weighted by atomic mass is 9.56. The summed E-state index contributed by atoms with van der Waals surface area (Å²) in [5.74, 6) is -5.15. The fourth-order valence-electron chi connectivity index (χ4n) is 5.56. The van der Waals surface area contributed by atoms with E-state index in [4.69, 9.17) is 27.6 Å². The van der Waals surface area contributed by atoms with Crippen molar-refractivity contribution in [2.45, 2.75) is 31.1 Å². The first-order valence-electron chi connectivity index (χ1n) is 11.8. The van der Waals surface area contributed by atoms with Gasteiger partial charge in [-0.15, -0.1) is 21.5 Å². The molecule has 13 heteroatoms. The number of halogens is 4. The molecule has 2 amide bonds. The van der Waals surface area contributed by atoms with Crippen LogP contribution < -0.4 is 0 Å². The van der Waals surface area contributed by atoms with E-state index in [1.807, 2.05) is 4.90 Å². The fourth-order valence-corrected chi connectivity index (χ4v) is 6.45. The van der Waals surface area contributed by atoms with Gasteiger partial charge in [-0.2, -0.15) is 8.78 Å². The minimum absolute atomic E-state index is 0.0158. The molecule has 37 heavy (non-hydrogen) atoms. The van der Waals surface area contributed by atoms with Crippen LogP contribution in [0.1, 0.15) is 52.2 Å². The number of alkyl halides is 2. The Morgan fingerprint density at radius 2 is 1.92 bits per heavy atom. The van der Waals surface area contributed by atoms with Gasteiger partial charge >= 0.3 is 5.92 Å². The normalized spacial score (nSPS) is 25.3. The van der Waals surface area contributed by atoms with E-state index < -0.39 is 28.7 Å². The van der Waals surface area contributed by atoms with Crippen LogP contribution in [0.5, 0.6) is 0 Å². The molecule has 1 aromatic carbocycles. The molecule has 3 aliphatic rings. The molecule has 4 heterocycles. The number of rotatable bonds is 5. The van der Waals surface area contributed by atoms with Crippen LogP contribution in [0.25, 0.3) is 0 Å². The highest BCUT2D eigenvalue weighted by Crippen LogP contribution is 2.59. The second-order valence-corrected chi connectivity index (χ2v) is 11.6. The second-order valence-electron chi connectivity index (χ2n) is 9.90. The predicted molar refractivity (Wildman–Crippen MR) is 131 cm³/mol. The molecular weight excluding hydrogens is 547 g/mol. The largest absolute Gasteiger partial charge is 0.419 e. The van der Waals surface area contributed by atoms with Gasteiger partial charge in [0.15, 0.2) is 0 Å². The lowest BCUT2D eigenvalue weighted by Gasteiger charge is -2.49. The van der Waals surface area contributed by atoms with Crippen molar-refractivity contribution in [2.75, 3.05) is 26.2 Å². The van der Waals surface area contributed by atoms with E-state index in [1.54, 1.807) is 10.4 Å². The maximum absolute atomic E-state index is 15.3. The van der Waals surface area contributed by atoms with Gasteiger partial charge in [-0.3, -0.25) is 14.6 Å². The summed E-state index contributed by atoms with van der Waals surface area (Å²) in [6.45, 7) is 2.12. The monoisotopic (exact) mass is 567 g/mol. The van der Waals surface area contributed by atoms with Gasteiger partial charge in [0.05, 0.1) is 27.7 Å². The molecule has 1 saturated carbocycles. The van der Waals surface area contributed by atoms with E-state index in [9.17, 15) is 9.59 Å². The van der Waals surface area contributed by atoms with Crippen LogP contribution in [-0.4, -0.2) is 63.0 Å². The SMILES string of the molecule is O=C(c1cncs1)N1CC(c2nnc(C(F)(F)c3ccc(Cl)c(Cl)c3)o2)C2(CC(C(=O)N3CCC3)C2)C1. The summed E-state index contributed by atoms with van der Waals surface area (Å²) in [4.78, 5) is 33.9. The third kappa shape index (κ3) is 4.11. The molecule has 3 aromatic rings. The summed E-state index contributed by atoms with van der Waals surface area (Å²) in [5.41, 5.74) is 0.648. The number of thiazole rings is 1. The predicted octanol–water partition coefficient (Wildman–Crippen LogP) is 4.84. The summed E-state index contributed by atoms with van der Waals surface area (Å²) < 4.78 is 36.1. The van der Waals surface area contributed by atoms with E-state index >= 15 is 8.78 Å². The van der Waals surface area contributed by atoms with Crippen molar-refractivity contribution in [3.05, 3.63) is 62.2 Å². The maximum atomic E-state index is 15.3.